The molecule has 27 heavy (non-hydrogen) atoms. The zero-order chi connectivity index (χ0) is 18.6. The summed E-state index contributed by atoms with van der Waals surface area (Å²) in [5, 5.41) is 0. The quantitative estimate of drug-likeness (QED) is 0.739. The van der Waals surface area contributed by atoms with E-state index in [0.717, 1.165) is 48.6 Å². The Morgan fingerprint density at radius 1 is 1.11 bits per heavy atom. The fourth-order valence-corrected chi connectivity index (χ4v) is 3.63. The van der Waals surface area contributed by atoms with Gasteiger partial charge in [0.15, 0.2) is 11.5 Å². The SMILES string of the molecule is COc1cc2c(cc1CN(Cc1ccc(F)cc1)CC1CCCO1)OCO2. The van der Waals surface area contributed by atoms with Gasteiger partial charge in [0, 0.05) is 37.9 Å². The minimum atomic E-state index is -0.220. The number of nitrogens with zero attached hydrogens (tertiary/aromatic N) is 1. The van der Waals surface area contributed by atoms with Crippen LogP contribution in [0.1, 0.15) is 24.0 Å². The molecule has 6 heteroatoms. The molecular formula is C21H24FNO4. The van der Waals surface area contributed by atoms with Gasteiger partial charge in [-0.2, -0.15) is 0 Å². The van der Waals surface area contributed by atoms with E-state index < -0.39 is 0 Å². The number of hydrogen-bond acceptors (Lipinski definition) is 5. The van der Waals surface area contributed by atoms with E-state index in [9.17, 15) is 4.39 Å². The van der Waals surface area contributed by atoms with Gasteiger partial charge in [-0.3, -0.25) is 4.90 Å². The summed E-state index contributed by atoms with van der Waals surface area (Å²) in [5.41, 5.74) is 2.09. The average Bonchev–Trinajstić information content (AvgIpc) is 3.34. The van der Waals surface area contributed by atoms with Crippen LogP contribution in [0, 0.1) is 5.82 Å². The maximum Gasteiger partial charge on any atom is 0.231 e. The minimum absolute atomic E-state index is 0.220. The summed E-state index contributed by atoms with van der Waals surface area (Å²) in [6.45, 7) is 3.25. The summed E-state index contributed by atoms with van der Waals surface area (Å²) in [4.78, 5) is 2.31. The van der Waals surface area contributed by atoms with Crippen molar-refractivity contribution in [3.8, 4) is 17.2 Å². The van der Waals surface area contributed by atoms with Crippen molar-refractivity contribution in [2.45, 2.75) is 32.0 Å². The zero-order valence-corrected chi connectivity index (χ0v) is 15.4. The molecule has 0 saturated carbocycles. The molecule has 0 radical (unpaired) electrons. The summed E-state index contributed by atoms with van der Waals surface area (Å²) in [6.07, 6.45) is 2.39. The van der Waals surface area contributed by atoms with Gasteiger partial charge in [-0.15, -0.1) is 0 Å². The number of hydrogen-bond donors (Lipinski definition) is 0. The maximum atomic E-state index is 13.2. The molecule has 2 aliphatic heterocycles. The first-order chi connectivity index (χ1) is 13.2. The van der Waals surface area contributed by atoms with Crippen molar-refractivity contribution in [3.05, 3.63) is 53.3 Å². The Hall–Kier alpha value is -2.31. The number of benzene rings is 2. The monoisotopic (exact) mass is 373 g/mol. The molecule has 144 valence electrons. The molecule has 5 nitrogen and oxygen atoms in total. The first kappa shape index (κ1) is 18.1. The molecule has 0 bridgehead atoms. The van der Waals surface area contributed by atoms with Crippen LogP contribution in [0.2, 0.25) is 0 Å². The molecule has 1 atom stereocenters. The van der Waals surface area contributed by atoms with Crippen molar-refractivity contribution in [3.63, 3.8) is 0 Å². The van der Waals surface area contributed by atoms with E-state index in [0.29, 0.717) is 18.8 Å². The first-order valence-corrected chi connectivity index (χ1v) is 9.26. The van der Waals surface area contributed by atoms with E-state index in [-0.39, 0.29) is 18.7 Å². The predicted molar refractivity (Wildman–Crippen MR) is 98.6 cm³/mol. The van der Waals surface area contributed by atoms with Crippen LogP contribution < -0.4 is 14.2 Å². The number of ether oxygens (including phenoxy) is 4. The molecule has 0 aliphatic carbocycles. The lowest BCUT2D eigenvalue weighted by atomic mass is 10.1. The topological polar surface area (TPSA) is 40.2 Å². The van der Waals surface area contributed by atoms with E-state index in [4.69, 9.17) is 18.9 Å². The third kappa shape index (κ3) is 4.34. The minimum Gasteiger partial charge on any atom is -0.496 e. The van der Waals surface area contributed by atoms with Crippen LogP contribution in [0.4, 0.5) is 4.39 Å². The number of methoxy groups -OCH3 is 1. The molecular weight excluding hydrogens is 349 g/mol. The van der Waals surface area contributed by atoms with Crippen LogP contribution in [-0.2, 0) is 17.8 Å². The molecule has 2 aliphatic rings. The van der Waals surface area contributed by atoms with Crippen molar-refractivity contribution >= 4 is 0 Å². The Labute approximate surface area is 158 Å². The van der Waals surface area contributed by atoms with Gasteiger partial charge >= 0.3 is 0 Å². The lowest BCUT2D eigenvalue weighted by Gasteiger charge is -2.26. The smallest absolute Gasteiger partial charge is 0.231 e. The van der Waals surface area contributed by atoms with Crippen molar-refractivity contribution in [1.82, 2.24) is 4.90 Å². The summed E-state index contributed by atoms with van der Waals surface area (Å²) in [6, 6.07) is 10.5. The van der Waals surface area contributed by atoms with E-state index in [2.05, 4.69) is 4.90 Å². The standard InChI is InChI=1S/C21H24FNO4/c1-24-19-10-21-20(26-14-27-21)9-16(19)12-23(13-18-3-2-8-25-18)11-15-4-6-17(22)7-5-15/h4-7,9-10,18H,2-3,8,11-14H2,1H3. The summed E-state index contributed by atoms with van der Waals surface area (Å²) >= 11 is 0. The van der Waals surface area contributed by atoms with Gasteiger partial charge in [0.25, 0.3) is 0 Å². The molecule has 1 saturated heterocycles. The van der Waals surface area contributed by atoms with Crippen LogP contribution in [-0.4, -0.2) is 38.1 Å². The first-order valence-electron chi connectivity index (χ1n) is 9.26. The molecule has 2 aromatic rings. The zero-order valence-electron chi connectivity index (χ0n) is 15.4. The number of rotatable bonds is 7. The highest BCUT2D eigenvalue weighted by atomic mass is 19.1. The van der Waals surface area contributed by atoms with Crippen LogP contribution in [0.15, 0.2) is 36.4 Å². The highest BCUT2D eigenvalue weighted by Gasteiger charge is 2.23. The van der Waals surface area contributed by atoms with Crippen molar-refractivity contribution in [1.29, 1.82) is 0 Å². The Morgan fingerprint density at radius 2 is 1.89 bits per heavy atom. The Kier molecular flexibility index (Phi) is 5.45. The highest BCUT2D eigenvalue weighted by molar-refractivity contribution is 5.51. The van der Waals surface area contributed by atoms with Gasteiger partial charge in [-0.05, 0) is 36.6 Å². The molecule has 1 unspecified atom stereocenters. The summed E-state index contributed by atoms with van der Waals surface area (Å²) < 4.78 is 35.6. The largest absolute Gasteiger partial charge is 0.496 e. The van der Waals surface area contributed by atoms with E-state index in [1.165, 1.54) is 12.1 Å². The molecule has 2 heterocycles. The van der Waals surface area contributed by atoms with E-state index in [1.807, 2.05) is 24.3 Å². The van der Waals surface area contributed by atoms with E-state index in [1.54, 1.807) is 7.11 Å². The Bertz CT molecular complexity index is 774. The van der Waals surface area contributed by atoms with Gasteiger partial charge in [-0.1, -0.05) is 12.1 Å². The second-order valence-corrected chi connectivity index (χ2v) is 6.95. The van der Waals surface area contributed by atoms with Gasteiger partial charge in [0.05, 0.1) is 13.2 Å². The molecule has 0 aromatic heterocycles. The number of fused-ring (bicyclic) bond motifs is 1. The predicted octanol–water partition coefficient (Wildman–Crippen LogP) is 3.74. The third-order valence-electron chi connectivity index (χ3n) is 4.97. The second kappa shape index (κ2) is 8.15. The Morgan fingerprint density at radius 3 is 2.59 bits per heavy atom. The second-order valence-electron chi connectivity index (χ2n) is 6.95. The number of halogens is 1. The van der Waals surface area contributed by atoms with Crippen LogP contribution in [0.3, 0.4) is 0 Å². The Balaban J connectivity index is 1.55. The van der Waals surface area contributed by atoms with Gasteiger partial charge in [0.1, 0.15) is 11.6 Å². The lowest BCUT2D eigenvalue weighted by molar-refractivity contribution is 0.0676. The molecule has 1 fully saturated rings. The molecule has 0 amide bonds. The highest BCUT2D eigenvalue weighted by Crippen LogP contribution is 2.38. The molecule has 0 N–H and O–H groups in total. The van der Waals surface area contributed by atoms with Gasteiger partial charge in [-0.25, -0.2) is 4.39 Å². The summed E-state index contributed by atoms with van der Waals surface area (Å²) in [7, 11) is 1.66. The normalized spacial score (nSPS) is 18.3. The summed E-state index contributed by atoms with van der Waals surface area (Å²) in [5.74, 6) is 2.00. The fraction of sp³-hybridized carbons (Fsp3) is 0.429. The van der Waals surface area contributed by atoms with Crippen LogP contribution >= 0.6 is 0 Å². The third-order valence-corrected chi connectivity index (χ3v) is 4.97. The fourth-order valence-electron chi connectivity index (χ4n) is 3.63. The average molecular weight is 373 g/mol. The van der Waals surface area contributed by atoms with E-state index >= 15 is 0 Å². The van der Waals surface area contributed by atoms with Crippen LogP contribution in [0.5, 0.6) is 17.2 Å². The van der Waals surface area contributed by atoms with Gasteiger partial charge < -0.3 is 18.9 Å². The van der Waals surface area contributed by atoms with Gasteiger partial charge in [0.2, 0.25) is 6.79 Å². The van der Waals surface area contributed by atoms with Crippen molar-refractivity contribution < 1.29 is 23.3 Å². The molecule has 2 aromatic carbocycles. The maximum absolute atomic E-state index is 13.2. The molecule has 0 spiro atoms. The molecule has 4 rings (SSSR count). The van der Waals surface area contributed by atoms with Crippen molar-refractivity contribution in [2.75, 3.05) is 27.1 Å². The van der Waals surface area contributed by atoms with Crippen LogP contribution in [0.25, 0.3) is 0 Å². The van der Waals surface area contributed by atoms with Crippen molar-refractivity contribution in [2.24, 2.45) is 0 Å². The lowest BCUT2D eigenvalue weighted by Crippen LogP contribution is -2.31.